The Kier molecular flexibility index (Phi) is 3.41. The Balaban J connectivity index is 2.22. The van der Waals surface area contributed by atoms with E-state index in [2.05, 4.69) is 17.2 Å². The van der Waals surface area contributed by atoms with Gasteiger partial charge in [0.25, 0.3) is 0 Å². The van der Waals surface area contributed by atoms with Crippen LogP contribution >= 0.6 is 0 Å². The molecule has 1 aromatic heterocycles. The molecule has 1 heterocycles. The molecule has 1 aliphatic rings. The third-order valence-electron chi connectivity index (χ3n) is 3.52. The van der Waals surface area contributed by atoms with Crippen molar-refractivity contribution >= 4 is 17.5 Å². The lowest BCUT2D eigenvalue weighted by Gasteiger charge is -2.35. The van der Waals surface area contributed by atoms with Crippen molar-refractivity contribution in [3.8, 4) is 0 Å². The standard InChI is InChI=1S/C13H19N3O2/c1-13(7-3-2-4-8-13)16-11-9(14)5-6-10(15-11)12(17)18/h5-6H,2-4,7-8,14H2,1H3,(H,15,16)(H,17,18). The molecule has 18 heavy (non-hydrogen) atoms. The van der Waals surface area contributed by atoms with Gasteiger partial charge in [-0.1, -0.05) is 19.3 Å². The van der Waals surface area contributed by atoms with Gasteiger partial charge in [-0.25, -0.2) is 9.78 Å². The fourth-order valence-electron chi connectivity index (χ4n) is 2.43. The van der Waals surface area contributed by atoms with Crippen molar-refractivity contribution in [3.05, 3.63) is 17.8 Å². The summed E-state index contributed by atoms with van der Waals surface area (Å²) in [6.45, 7) is 2.14. The Labute approximate surface area is 106 Å². The van der Waals surface area contributed by atoms with Crippen molar-refractivity contribution in [3.63, 3.8) is 0 Å². The maximum atomic E-state index is 10.9. The van der Waals surface area contributed by atoms with E-state index in [-0.39, 0.29) is 11.2 Å². The number of carboxylic acid groups (broad SMARTS) is 1. The van der Waals surface area contributed by atoms with Crippen LogP contribution in [0.2, 0.25) is 0 Å². The van der Waals surface area contributed by atoms with Gasteiger partial charge >= 0.3 is 5.97 Å². The second kappa shape index (κ2) is 4.84. The summed E-state index contributed by atoms with van der Waals surface area (Å²) in [6.07, 6.45) is 5.75. The Hall–Kier alpha value is -1.78. The van der Waals surface area contributed by atoms with E-state index in [4.69, 9.17) is 10.8 Å². The molecule has 0 aliphatic heterocycles. The van der Waals surface area contributed by atoms with Crippen LogP contribution in [0, 0.1) is 0 Å². The Bertz CT molecular complexity index is 454. The molecule has 0 saturated heterocycles. The molecule has 1 fully saturated rings. The summed E-state index contributed by atoms with van der Waals surface area (Å²) < 4.78 is 0. The van der Waals surface area contributed by atoms with E-state index in [9.17, 15) is 4.79 Å². The highest BCUT2D eigenvalue weighted by Gasteiger charge is 2.27. The molecule has 0 bridgehead atoms. The minimum absolute atomic E-state index is 0.0195. The molecule has 1 aliphatic carbocycles. The maximum Gasteiger partial charge on any atom is 0.354 e. The first-order valence-electron chi connectivity index (χ1n) is 6.28. The van der Waals surface area contributed by atoms with E-state index in [1.54, 1.807) is 6.07 Å². The first-order valence-corrected chi connectivity index (χ1v) is 6.28. The van der Waals surface area contributed by atoms with E-state index in [1.807, 2.05) is 0 Å². The predicted octanol–water partition coefficient (Wildman–Crippen LogP) is 2.50. The van der Waals surface area contributed by atoms with Crippen molar-refractivity contribution in [2.45, 2.75) is 44.6 Å². The SMILES string of the molecule is CC1(Nc2nc(C(=O)O)ccc2N)CCCCC1. The summed E-state index contributed by atoms with van der Waals surface area (Å²) in [5.74, 6) is -0.550. The van der Waals surface area contributed by atoms with Crippen LogP contribution in [0.15, 0.2) is 12.1 Å². The smallest absolute Gasteiger partial charge is 0.354 e. The molecular weight excluding hydrogens is 230 g/mol. The number of aromatic nitrogens is 1. The largest absolute Gasteiger partial charge is 0.477 e. The normalized spacial score (nSPS) is 18.3. The zero-order chi connectivity index (χ0) is 13.2. The molecule has 2 rings (SSSR count). The van der Waals surface area contributed by atoms with Crippen LogP contribution < -0.4 is 11.1 Å². The number of hydrogen-bond acceptors (Lipinski definition) is 4. The molecule has 0 unspecified atom stereocenters. The number of aromatic carboxylic acids is 1. The Morgan fingerprint density at radius 1 is 1.39 bits per heavy atom. The molecule has 0 amide bonds. The molecule has 1 saturated carbocycles. The molecular formula is C13H19N3O2. The zero-order valence-corrected chi connectivity index (χ0v) is 10.6. The number of pyridine rings is 1. The van der Waals surface area contributed by atoms with Crippen LogP contribution in [0.1, 0.15) is 49.5 Å². The van der Waals surface area contributed by atoms with Crippen LogP contribution in [0.25, 0.3) is 0 Å². The van der Waals surface area contributed by atoms with Gasteiger partial charge in [-0.15, -0.1) is 0 Å². The number of hydrogen-bond donors (Lipinski definition) is 3. The lowest BCUT2D eigenvalue weighted by atomic mass is 9.83. The summed E-state index contributed by atoms with van der Waals surface area (Å²) in [7, 11) is 0. The number of rotatable bonds is 3. The van der Waals surface area contributed by atoms with Crippen molar-refractivity contribution < 1.29 is 9.90 Å². The first-order chi connectivity index (χ1) is 8.50. The number of nitrogens with one attached hydrogen (secondary N) is 1. The van der Waals surface area contributed by atoms with E-state index in [0.29, 0.717) is 11.5 Å². The van der Waals surface area contributed by atoms with E-state index < -0.39 is 5.97 Å². The van der Waals surface area contributed by atoms with Crippen LogP contribution in [0.5, 0.6) is 0 Å². The monoisotopic (exact) mass is 249 g/mol. The minimum Gasteiger partial charge on any atom is -0.477 e. The van der Waals surface area contributed by atoms with Gasteiger partial charge in [0.2, 0.25) is 0 Å². The number of nitrogens with zero attached hydrogens (tertiary/aromatic N) is 1. The molecule has 98 valence electrons. The summed E-state index contributed by atoms with van der Waals surface area (Å²) in [5.41, 5.74) is 6.33. The highest BCUT2D eigenvalue weighted by atomic mass is 16.4. The van der Waals surface area contributed by atoms with Gasteiger partial charge in [0, 0.05) is 5.54 Å². The lowest BCUT2D eigenvalue weighted by molar-refractivity contribution is 0.0690. The number of carboxylic acids is 1. The van der Waals surface area contributed by atoms with Crippen molar-refractivity contribution in [2.24, 2.45) is 0 Å². The van der Waals surface area contributed by atoms with Gasteiger partial charge in [0.15, 0.2) is 11.5 Å². The molecule has 0 radical (unpaired) electrons. The van der Waals surface area contributed by atoms with Crippen LogP contribution in [-0.4, -0.2) is 21.6 Å². The number of anilines is 2. The topological polar surface area (TPSA) is 88.2 Å². The molecule has 5 heteroatoms. The van der Waals surface area contributed by atoms with Crippen molar-refractivity contribution in [1.82, 2.24) is 4.98 Å². The first kappa shape index (κ1) is 12.7. The van der Waals surface area contributed by atoms with Gasteiger partial charge in [-0.3, -0.25) is 0 Å². The lowest BCUT2D eigenvalue weighted by Crippen LogP contribution is -2.37. The summed E-state index contributed by atoms with van der Waals surface area (Å²) in [6, 6.07) is 3.01. The third-order valence-corrected chi connectivity index (χ3v) is 3.52. The van der Waals surface area contributed by atoms with E-state index in [0.717, 1.165) is 12.8 Å². The molecule has 0 spiro atoms. The minimum atomic E-state index is -1.04. The van der Waals surface area contributed by atoms with Crippen LogP contribution in [0.4, 0.5) is 11.5 Å². The average Bonchev–Trinajstić information content (AvgIpc) is 2.32. The highest BCUT2D eigenvalue weighted by Crippen LogP contribution is 2.32. The van der Waals surface area contributed by atoms with Crippen molar-refractivity contribution in [1.29, 1.82) is 0 Å². The summed E-state index contributed by atoms with van der Waals surface area (Å²) >= 11 is 0. The zero-order valence-electron chi connectivity index (χ0n) is 10.6. The third kappa shape index (κ3) is 2.72. The number of nitrogen functional groups attached to an aromatic ring is 1. The second-order valence-corrected chi connectivity index (χ2v) is 5.19. The van der Waals surface area contributed by atoms with Gasteiger partial charge in [0.1, 0.15) is 0 Å². The molecule has 0 atom stereocenters. The average molecular weight is 249 g/mol. The van der Waals surface area contributed by atoms with E-state index >= 15 is 0 Å². The second-order valence-electron chi connectivity index (χ2n) is 5.19. The molecule has 0 aromatic carbocycles. The van der Waals surface area contributed by atoms with Crippen LogP contribution in [0.3, 0.4) is 0 Å². The fraction of sp³-hybridized carbons (Fsp3) is 0.538. The number of nitrogens with two attached hydrogens (primary N) is 1. The number of carbonyl (C=O) groups is 1. The summed E-state index contributed by atoms with van der Waals surface area (Å²) in [5, 5.41) is 12.3. The van der Waals surface area contributed by atoms with Crippen LogP contribution in [-0.2, 0) is 0 Å². The predicted molar refractivity (Wildman–Crippen MR) is 70.7 cm³/mol. The van der Waals surface area contributed by atoms with Gasteiger partial charge < -0.3 is 16.2 Å². The van der Waals surface area contributed by atoms with Gasteiger partial charge in [0.05, 0.1) is 5.69 Å². The van der Waals surface area contributed by atoms with E-state index in [1.165, 1.54) is 25.3 Å². The highest BCUT2D eigenvalue weighted by molar-refractivity contribution is 5.86. The fourth-order valence-corrected chi connectivity index (χ4v) is 2.43. The molecule has 4 N–H and O–H groups in total. The maximum absolute atomic E-state index is 10.9. The van der Waals surface area contributed by atoms with Gasteiger partial charge in [-0.2, -0.15) is 0 Å². The van der Waals surface area contributed by atoms with Gasteiger partial charge in [-0.05, 0) is 31.9 Å². The molecule has 5 nitrogen and oxygen atoms in total. The Morgan fingerprint density at radius 2 is 2.06 bits per heavy atom. The summed E-state index contributed by atoms with van der Waals surface area (Å²) in [4.78, 5) is 15.0. The quantitative estimate of drug-likeness (QED) is 0.766. The molecule has 1 aromatic rings. The Morgan fingerprint density at radius 3 is 2.67 bits per heavy atom. The van der Waals surface area contributed by atoms with Crippen molar-refractivity contribution in [2.75, 3.05) is 11.1 Å².